The molecule has 0 saturated carbocycles. The zero-order valence-electron chi connectivity index (χ0n) is 15.5. The van der Waals surface area contributed by atoms with Crippen LogP contribution in [0, 0.1) is 0 Å². The molecule has 2 N–H and O–H groups in total. The SMILES string of the molecule is CCCCCCc1cc(C2=CCC(c3ccc(O)cc3)=CC2)ccc1O. The summed E-state index contributed by atoms with van der Waals surface area (Å²) in [5, 5.41) is 19.6. The second-order valence-electron chi connectivity index (χ2n) is 7.07. The fourth-order valence-corrected chi connectivity index (χ4v) is 3.51. The maximum atomic E-state index is 10.2. The van der Waals surface area contributed by atoms with Crippen LogP contribution in [0.5, 0.6) is 11.5 Å². The van der Waals surface area contributed by atoms with Crippen molar-refractivity contribution in [2.45, 2.75) is 51.9 Å². The van der Waals surface area contributed by atoms with Gasteiger partial charge in [-0.1, -0.05) is 56.5 Å². The highest BCUT2D eigenvalue weighted by Gasteiger charge is 2.11. The van der Waals surface area contributed by atoms with E-state index < -0.39 is 0 Å². The lowest BCUT2D eigenvalue weighted by atomic mass is 9.89. The zero-order valence-corrected chi connectivity index (χ0v) is 15.5. The molecule has 1 aliphatic carbocycles. The van der Waals surface area contributed by atoms with Gasteiger partial charge in [0.25, 0.3) is 0 Å². The summed E-state index contributed by atoms with van der Waals surface area (Å²) in [6, 6.07) is 13.4. The van der Waals surface area contributed by atoms with E-state index in [0.29, 0.717) is 11.5 Å². The molecule has 2 heteroatoms. The van der Waals surface area contributed by atoms with Crippen LogP contribution in [0.15, 0.2) is 54.6 Å². The minimum Gasteiger partial charge on any atom is -0.508 e. The number of phenolic OH excluding ortho intramolecular Hbond substituents is 2. The summed E-state index contributed by atoms with van der Waals surface area (Å²) < 4.78 is 0. The number of rotatable bonds is 7. The Balaban J connectivity index is 1.67. The lowest BCUT2D eigenvalue weighted by Gasteiger charge is -2.16. The highest BCUT2D eigenvalue weighted by molar-refractivity contribution is 5.78. The summed E-state index contributed by atoms with van der Waals surface area (Å²) in [6.45, 7) is 2.22. The van der Waals surface area contributed by atoms with E-state index in [1.807, 2.05) is 24.3 Å². The molecule has 0 bridgehead atoms. The van der Waals surface area contributed by atoms with Crippen molar-refractivity contribution < 1.29 is 10.2 Å². The lowest BCUT2D eigenvalue weighted by Crippen LogP contribution is -1.95. The lowest BCUT2D eigenvalue weighted by molar-refractivity contribution is 0.466. The predicted octanol–water partition coefficient (Wildman–Crippen LogP) is 6.48. The molecule has 1 aliphatic rings. The topological polar surface area (TPSA) is 40.5 Å². The van der Waals surface area contributed by atoms with Crippen molar-refractivity contribution in [2.24, 2.45) is 0 Å². The quantitative estimate of drug-likeness (QED) is 0.562. The van der Waals surface area contributed by atoms with Crippen LogP contribution in [0.4, 0.5) is 0 Å². The van der Waals surface area contributed by atoms with Crippen molar-refractivity contribution in [3.05, 3.63) is 71.3 Å². The predicted molar refractivity (Wildman–Crippen MR) is 109 cm³/mol. The van der Waals surface area contributed by atoms with E-state index in [1.54, 1.807) is 12.1 Å². The van der Waals surface area contributed by atoms with Crippen LogP contribution in [-0.4, -0.2) is 10.2 Å². The highest BCUT2D eigenvalue weighted by Crippen LogP contribution is 2.33. The largest absolute Gasteiger partial charge is 0.508 e. The standard InChI is InChI=1S/C24H28O2/c1-2-3-4-5-6-22-17-21(13-16-24(22)26)20-9-7-18(8-10-20)19-11-14-23(25)15-12-19/h7,10-17,25-26H,2-6,8-9H2,1H3. The first-order chi connectivity index (χ1) is 12.7. The first-order valence-corrected chi connectivity index (χ1v) is 9.67. The van der Waals surface area contributed by atoms with Gasteiger partial charge in [0.05, 0.1) is 0 Å². The summed E-state index contributed by atoms with van der Waals surface area (Å²) in [5.74, 6) is 0.721. The Kier molecular flexibility index (Phi) is 6.17. The van der Waals surface area contributed by atoms with E-state index in [0.717, 1.165) is 31.2 Å². The number of unbranched alkanes of at least 4 members (excludes halogenated alkanes) is 3. The Morgan fingerprint density at radius 1 is 0.769 bits per heavy atom. The molecule has 3 rings (SSSR count). The van der Waals surface area contributed by atoms with Crippen molar-refractivity contribution in [1.29, 1.82) is 0 Å². The summed E-state index contributed by atoms with van der Waals surface area (Å²) >= 11 is 0. The normalized spacial score (nSPS) is 14.0. The van der Waals surface area contributed by atoms with E-state index in [2.05, 4.69) is 25.1 Å². The number of phenols is 2. The van der Waals surface area contributed by atoms with Gasteiger partial charge < -0.3 is 10.2 Å². The van der Waals surface area contributed by atoms with Crippen molar-refractivity contribution in [3.63, 3.8) is 0 Å². The van der Waals surface area contributed by atoms with Crippen LogP contribution in [-0.2, 0) is 6.42 Å². The van der Waals surface area contributed by atoms with Crippen LogP contribution in [0.2, 0.25) is 0 Å². The molecule has 0 aromatic heterocycles. The fraction of sp³-hybridized carbons (Fsp3) is 0.333. The first kappa shape index (κ1) is 18.3. The molecular weight excluding hydrogens is 320 g/mol. The van der Waals surface area contributed by atoms with E-state index in [-0.39, 0.29) is 0 Å². The van der Waals surface area contributed by atoms with Crippen molar-refractivity contribution in [3.8, 4) is 11.5 Å². The molecule has 2 aromatic carbocycles. The number of aryl methyl sites for hydroxylation is 1. The van der Waals surface area contributed by atoms with Crippen LogP contribution in [0.1, 0.15) is 62.1 Å². The van der Waals surface area contributed by atoms with E-state index >= 15 is 0 Å². The molecule has 0 aliphatic heterocycles. The number of allylic oxidation sites excluding steroid dienone is 4. The minimum atomic E-state index is 0.303. The number of benzene rings is 2. The average Bonchev–Trinajstić information content (AvgIpc) is 2.67. The second-order valence-corrected chi connectivity index (χ2v) is 7.07. The summed E-state index contributed by atoms with van der Waals surface area (Å²) in [5.41, 5.74) is 6.07. The molecule has 0 amide bonds. The van der Waals surface area contributed by atoms with Crippen LogP contribution in [0.3, 0.4) is 0 Å². The molecule has 136 valence electrons. The van der Waals surface area contributed by atoms with Gasteiger partial charge in [0.15, 0.2) is 0 Å². The zero-order chi connectivity index (χ0) is 18.4. The summed E-state index contributed by atoms with van der Waals surface area (Å²) in [7, 11) is 0. The molecule has 0 fully saturated rings. The van der Waals surface area contributed by atoms with Gasteiger partial charge in [-0.05, 0) is 77.8 Å². The maximum Gasteiger partial charge on any atom is 0.118 e. The van der Waals surface area contributed by atoms with E-state index in [4.69, 9.17) is 0 Å². The van der Waals surface area contributed by atoms with Crippen molar-refractivity contribution >= 4 is 11.1 Å². The Hall–Kier alpha value is -2.48. The average molecular weight is 348 g/mol. The van der Waals surface area contributed by atoms with Crippen molar-refractivity contribution in [2.75, 3.05) is 0 Å². The molecule has 0 spiro atoms. The number of hydrogen-bond donors (Lipinski definition) is 2. The Morgan fingerprint density at radius 3 is 2.08 bits per heavy atom. The van der Waals surface area contributed by atoms with Gasteiger partial charge in [-0.3, -0.25) is 0 Å². The molecule has 0 atom stereocenters. The van der Waals surface area contributed by atoms with Crippen LogP contribution >= 0.6 is 0 Å². The second kappa shape index (κ2) is 8.75. The van der Waals surface area contributed by atoms with Gasteiger partial charge in [0, 0.05) is 0 Å². The van der Waals surface area contributed by atoms with Crippen LogP contribution in [0.25, 0.3) is 11.1 Å². The van der Waals surface area contributed by atoms with Gasteiger partial charge in [-0.25, -0.2) is 0 Å². The molecule has 2 aromatic rings. The van der Waals surface area contributed by atoms with Gasteiger partial charge >= 0.3 is 0 Å². The van der Waals surface area contributed by atoms with Gasteiger partial charge in [-0.15, -0.1) is 0 Å². The molecular formula is C24H28O2. The Bertz CT molecular complexity index is 797. The highest BCUT2D eigenvalue weighted by atomic mass is 16.3. The van der Waals surface area contributed by atoms with Crippen LogP contribution < -0.4 is 0 Å². The van der Waals surface area contributed by atoms with Gasteiger partial charge in [0.1, 0.15) is 11.5 Å². The number of hydrogen-bond acceptors (Lipinski definition) is 2. The summed E-state index contributed by atoms with van der Waals surface area (Å²) in [4.78, 5) is 0. The van der Waals surface area contributed by atoms with Gasteiger partial charge in [0.2, 0.25) is 0 Å². The van der Waals surface area contributed by atoms with Crippen molar-refractivity contribution in [1.82, 2.24) is 0 Å². The monoisotopic (exact) mass is 348 g/mol. The third-order valence-electron chi connectivity index (χ3n) is 5.12. The van der Waals surface area contributed by atoms with E-state index in [1.165, 1.54) is 41.5 Å². The minimum absolute atomic E-state index is 0.303. The summed E-state index contributed by atoms with van der Waals surface area (Å²) in [6.07, 6.45) is 12.1. The maximum absolute atomic E-state index is 10.2. The van der Waals surface area contributed by atoms with Gasteiger partial charge in [-0.2, -0.15) is 0 Å². The Labute approximate surface area is 156 Å². The third-order valence-corrected chi connectivity index (χ3v) is 5.12. The van der Waals surface area contributed by atoms with E-state index in [9.17, 15) is 10.2 Å². The third kappa shape index (κ3) is 4.57. The molecule has 0 heterocycles. The number of aromatic hydroxyl groups is 2. The molecule has 0 saturated heterocycles. The smallest absolute Gasteiger partial charge is 0.118 e. The fourth-order valence-electron chi connectivity index (χ4n) is 3.51. The first-order valence-electron chi connectivity index (χ1n) is 9.67. The molecule has 0 unspecified atom stereocenters. The molecule has 26 heavy (non-hydrogen) atoms. The Morgan fingerprint density at radius 2 is 1.42 bits per heavy atom. The molecule has 2 nitrogen and oxygen atoms in total. The molecule has 0 radical (unpaired) electrons.